The van der Waals surface area contributed by atoms with Crippen molar-refractivity contribution in [2.75, 3.05) is 0 Å². The highest BCUT2D eigenvalue weighted by Gasteiger charge is 2.20. The van der Waals surface area contributed by atoms with Gasteiger partial charge < -0.3 is 4.74 Å². The number of hydrogen-bond donors (Lipinski definition) is 0. The molecule has 0 unspecified atom stereocenters. The molecule has 0 aliphatic heterocycles. The Labute approximate surface area is 168 Å². The molecule has 140 valence electrons. The van der Waals surface area contributed by atoms with Crippen molar-refractivity contribution in [3.05, 3.63) is 82.5 Å². The lowest BCUT2D eigenvalue weighted by Crippen LogP contribution is -2.08. The maximum atomic E-state index is 13.3. The molecule has 28 heavy (non-hydrogen) atoms. The van der Waals surface area contributed by atoms with E-state index in [9.17, 15) is 9.18 Å². The fraction of sp³-hybridized carbons (Fsp3) is 0.0526. The molecule has 0 aliphatic rings. The molecule has 0 radical (unpaired) electrons. The largest absolute Gasteiger partial charge is 0.455 e. The zero-order valence-corrected chi connectivity index (χ0v) is 15.8. The van der Waals surface area contributed by atoms with E-state index in [0.717, 1.165) is 4.88 Å². The number of pyridine rings is 1. The van der Waals surface area contributed by atoms with Gasteiger partial charge in [0.2, 0.25) is 0 Å². The predicted molar refractivity (Wildman–Crippen MR) is 103 cm³/mol. The fourth-order valence-corrected chi connectivity index (χ4v) is 3.24. The average molecular weight is 415 g/mol. The molecule has 0 saturated heterocycles. The van der Waals surface area contributed by atoms with Crippen molar-refractivity contribution in [3.63, 3.8) is 0 Å². The van der Waals surface area contributed by atoms with E-state index >= 15 is 0 Å². The molecule has 0 aliphatic carbocycles. The molecular formula is C19H12ClFN4O2S. The van der Waals surface area contributed by atoms with Crippen LogP contribution in [0.4, 0.5) is 4.39 Å². The molecule has 3 heterocycles. The van der Waals surface area contributed by atoms with Gasteiger partial charge in [0, 0.05) is 11.8 Å². The number of carbonyl (C=O) groups excluding carboxylic acids is 1. The molecule has 9 heteroatoms. The topological polar surface area (TPSA) is 69.9 Å². The van der Waals surface area contributed by atoms with Crippen molar-refractivity contribution in [1.82, 2.24) is 19.7 Å². The number of benzene rings is 1. The summed E-state index contributed by atoms with van der Waals surface area (Å²) in [6, 6.07) is 12.8. The number of rotatable bonds is 5. The van der Waals surface area contributed by atoms with Crippen LogP contribution < -0.4 is 0 Å². The summed E-state index contributed by atoms with van der Waals surface area (Å²) in [6.45, 7) is 0.0163. The van der Waals surface area contributed by atoms with Crippen LogP contribution in [0.15, 0.2) is 60.1 Å². The molecule has 4 rings (SSSR count). The van der Waals surface area contributed by atoms with Gasteiger partial charge in [0.1, 0.15) is 17.6 Å². The highest BCUT2D eigenvalue weighted by molar-refractivity contribution is 7.13. The van der Waals surface area contributed by atoms with E-state index in [1.54, 1.807) is 24.3 Å². The minimum Gasteiger partial charge on any atom is -0.455 e. The first kappa shape index (κ1) is 18.3. The van der Waals surface area contributed by atoms with Crippen molar-refractivity contribution < 1.29 is 13.9 Å². The number of esters is 1. The van der Waals surface area contributed by atoms with Crippen molar-refractivity contribution >= 4 is 28.9 Å². The van der Waals surface area contributed by atoms with E-state index in [0.29, 0.717) is 22.2 Å². The predicted octanol–water partition coefficient (Wildman–Crippen LogP) is 4.54. The molecule has 0 fully saturated rings. The maximum Gasteiger partial charge on any atom is 0.378 e. The van der Waals surface area contributed by atoms with Gasteiger partial charge in [-0.05, 0) is 41.8 Å². The van der Waals surface area contributed by atoms with Crippen LogP contribution >= 0.6 is 22.9 Å². The summed E-state index contributed by atoms with van der Waals surface area (Å²) in [5, 5.41) is 6.52. The summed E-state index contributed by atoms with van der Waals surface area (Å²) in [5.74, 6) is -0.650. The van der Waals surface area contributed by atoms with Crippen molar-refractivity contribution in [3.8, 4) is 16.4 Å². The van der Waals surface area contributed by atoms with E-state index in [-0.39, 0.29) is 18.2 Å². The summed E-state index contributed by atoms with van der Waals surface area (Å²) in [4.78, 5) is 21.5. The second-order valence-corrected chi connectivity index (χ2v) is 7.02. The Kier molecular flexibility index (Phi) is 5.14. The van der Waals surface area contributed by atoms with E-state index in [1.807, 2.05) is 17.5 Å². The Hall–Kier alpha value is -3.10. The van der Waals surface area contributed by atoms with Crippen molar-refractivity contribution in [2.24, 2.45) is 0 Å². The SMILES string of the molecule is O=C(OCc1ccc(Cl)nc1)c1nc(-c2cccs2)n(-c2ccc(F)cc2)n1. The van der Waals surface area contributed by atoms with Crippen molar-refractivity contribution in [1.29, 1.82) is 0 Å². The molecule has 0 saturated carbocycles. The number of carbonyl (C=O) groups is 1. The normalized spacial score (nSPS) is 10.8. The molecular weight excluding hydrogens is 403 g/mol. The van der Waals surface area contributed by atoms with Gasteiger partial charge in [-0.15, -0.1) is 16.4 Å². The lowest BCUT2D eigenvalue weighted by Gasteiger charge is -2.04. The van der Waals surface area contributed by atoms with Crippen LogP contribution in [0.2, 0.25) is 5.15 Å². The molecule has 1 aromatic carbocycles. The highest BCUT2D eigenvalue weighted by atomic mass is 35.5. The average Bonchev–Trinajstić information content (AvgIpc) is 3.37. The molecule has 3 aromatic heterocycles. The molecule has 0 amide bonds. The highest BCUT2D eigenvalue weighted by Crippen LogP contribution is 2.26. The minimum absolute atomic E-state index is 0.0163. The quantitative estimate of drug-likeness (QED) is 0.354. The van der Waals surface area contributed by atoms with Crippen LogP contribution in [-0.2, 0) is 11.3 Å². The second kappa shape index (κ2) is 7.87. The van der Waals surface area contributed by atoms with Gasteiger partial charge in [0.05, 0.1) is 10.6 Å². The van der Waals surface area contributed by atoms with E-state index in [1.165, 1.54) is 34.3 Å². The Bertz CT molecular complexity index is 1100. The third kappa shape index (κ3) is 3.92. The zero-order chi connectivity index (χ0) is 19.5. The maximum absolute atomic E-state index is 13.3. The standard InChI is InChI=1S/C19H12ClFN4O2S/c20-16-8-3-12(10-22-16)11-27-19(26)17-23-18(15-2-1-9-28-15)25(24-17)14-6-4-13(21)5-7-14/h1-10H,11H2. The van der Waals surface area contributed by atoms with Crippen LogP contribution in [-0.4, -0.2) is 25.7 Å². The summed E-state index contributed by atoms with van der Waals surface area (Å²) in [7, 11) is 0. The lowest BCUT2D eigenvalue weighted by atomic mass is 10.3. The van der Waals surface area contributed by atoms with Gasteiger partial charge in [0.15, 0.2) is 5.82 Å². The monoisotopic (exact) mass is 414 g/mol. The molecule has 0 atom stereocenters. The smallest absolute Gasteiger partial charge is 0.378 e. The number of hydrogen-bond acceptors (Lipinski definition) is 6. The summed E-state index contributed by atoms with van der Waals surface area (Å²) in [5.41, 5.74) is 1.27. The Morgan fingerprint density at radius 3 is 2.68 bits per heavy atom. The van der Waals surface area contributed by atoms with E-state index in [2.05, 4.69) is 15.1 Å². The summed E-state index contributed by atoms with van der Waals surface area (Å²) in [6.07, 6.45) is 1.53. The van der Waals surface area contributed by atoms with Crippen molar-refractivity contribution in [2.45, 2.75) is 6.61 Å². The lowest BCUT2D eigenvalue weighted by molar-refractivity contribution is 0.0458. The first-order valence-corrected chi connectivity index (χ1v) is 9.40. The molecule has 4 aromatic rings. The molecule has 0 spiro atoms. The van der Waals surface area contributed by atoms with Crippen LogP contribution in [0, 0.1) is 5.82 Å². The van der Waals surface area contributed by atoms with Gasteiger partial charge >= 0.3 is 5.97 Å². The molecule has 6 nitrogen and oxygen atoms in total. The number of aromatic nitrogens is 4. The van der Waals surface area contributed by atoms with E-state index in [4.69, 9.17) is 16.3 Å². The molecule has 0 N–H and O–H groups in total. The third-order valence-corrected chi connectivity index (χ3v) is 4.85. The number of halogens is 2. The zero-order valence-electron chi connectivity index (χ0n) is 14.3. The number of nitrogens with zero attached hydrogens (tertiary/aromatic N) is 4. The fourth-order valence-electron chi connectivity index (χ4n) is 2.43. The Balaban J connectivity index is 1.62. The minimum atomic E-state index is -0.673. The van der Waals surface area contributed by atoms with Crippen LogP contribution in [0.1, 0.15) is 16.2 Å². The Morgan fingerprint density at radius 2 is 2.00 bits per heavy atom. The summed E-state index contributed by atoms with van der Waals surface area (Å²) >= 11 is 7.20. The summed E-state index contributed by atoms with van der Waals surface area (Å²) < 4.78 is 20.0. The first-order chi connectivity index (χ1) is 13.6. The van der Waals surface area contributed by atoms with Gasteiger partial charge in [-0.3, -0.25) is 0 Å². The van der Waals surface area contributed by atoms with Crippen LogP contribution in [0.25, 0.3) is 16.4 Å². The number of thiophene rings is 1. The van der Waals surface area contributed by atoms with Gasteiger partial charge in [0.25, 0.3) is 5.82 Å². The van der Waals surface area contributed by atoms with Gasteiger partial charge in [-0.2, -0.15) is 4.98 Å². The van der Waals surface area contributed by atoms with Gasteiger partial charge in [-0.1, -0.05) is 23.7 Å². The molecule has 0 bridgehead atoms. The third-order valence-electron chi connectivity index (χ3n) is 3.76. The van der Waals surface area contributed by atoms with Crippen LogP contribution in [0.3, 0.4) is 0 Å². The van der Waals surface area contributed by atoms with Crippen LogP contribution in [0.5, 0.6) is 0 Å². The second-order valence-electron chi connectivity index (χ2n) is 5.69. The Morgan fingerprint density at radius 1 is 1.18 bits per heavy atom. The van der Waals surface area contributed by atoms with Gasteiger partial charge in [-0.25, -0.2) is 18.9 Å². The first-order valence-electron chi connectivity index (χ1n) is 8.14. The number of ether oxygens (including phenoxy) is 1. The van der Waals surface area contributed by atoms with E-state index < -0.39 is 5.97 Å².